The van der Waals surface area contributed by atoms with Crippen LogP contribution in [0.2, 0.25) is 0 Å². The molecule has 3 heteroatoms. The second-order valence-corrected chi connectivity index (χ2v) is 4.84. The molecule has 0 radical (unpaired) electrons. The molecule has 0 atom stereocenters. The maximum atomic E-state index is 11.3. The second kappa shape index (κ2) is 6.24. The molecular formula is C15H20O3. The average Bonchev–Trinajstić information content (AvgIpc) is 2.26. The molecule has 0 amide bonds. The Labute approximate surface area is 108 Å². The number of para-hydroxylation sites is 1. The Balaban J connectivity index is 2.86. The number of rotatable bonds is 4. The van der Waals surface area contributed by atoms with Gasteiger partial charge in [-0.3, -0.25) is 0 Å². The molecule has 0 heterocycles. The lowest BCUT2D eigenvalue weighted by atomic mass is 10.1. The van der Waals surface area contributed by atoms with Gasteiger partial charge in [0.05, 0.1) is 6.61 Å². The van der Waals surface area contributed by atoms with E-state index in [2.05, 4.69) is 0 Å². The summed E-state index contributed by atoms with van der Waals surface area (Å²) in [7, 11) is 0. The van der Waals surface area contributed by atoms with E-state index in [1.165, 1.54) is 6.08 Å². The van der Waals surface area contributed by atoms with Gasteiger partial charge in [-0.2, -0.15) is 0 Å². The van der Waals surface area contributed by atoms with Crippen molar-refractivity contribution in [2.45, 2.75) is 33.3 Å². The molecule has 0 aliphatic heterocycles. The van der Waals surface area contributed by atoms with E-state index < -0.39 is 0 Å². The van der Waals surface area contributed by atoms with Gasteiger partial charge in [-0.15, -0.1) is 0 Å². The van der Waals surface area contributed by atoms with Gasteiger partial charge in [0.15, 0.2) is 0 Å². The van der Waals surface area contributed by atoms with E-state index in [0.717, 1.165) is 11.3 Å². The summed E-state index contributed by atoms with van der Waals surface area (Å²) in [5, 5.41) is 0. The Morgan fingerprint density at radius 3 is 2.56 bits per heavy atom. The monoisotopic (exact) mass is 248 g/mol. The Hall–Kier alpha value is -1.77. The van der Waals surface area contributed by atoms with Gasteiger partial charge in [-0.25, -0.2) is 4.79 Å². The summed E-state index contributed by atoms with van der Waals surface area (Å²) in [4.78, 5) is 11.3. The average molecular weight is 248 g/mol. The van der Waals surface area contributed by atoms with Crippen LogP contribution in [0.25, 0.3) is 6.08 Å². The third-order valence-corrected chi connectivity index (χ3v) is 2.02. The SMILES string of the molecule is CCOC(=O)C=Cc1ccccc1OC(C)(C)C. The molecule has 0 saturated carbocycles. The Morgan fingerprint density at radius 1 is 1.28 bits per heavy atom. The van der Waals surface area contributed by atoms with Crippen molar-refractivity contribution < 1.29 is 14.3 Å². The fourth-order valence-electron chi connectivity index (χ4n) is 1.39. The van der Waals surface area contributed by atoms with Crippen molar-refractivity contribution in [3.05, 3.63) is 35.9 Å². The number of esters is 1. The van der Waals surface area contributed by atoms with Crippen molar-refractivity contribution in [1.82, 2.24) is 0 Å². The molecule has 1 aromatic rings. The minimum Gasteiger partial charge on any atom is -0.488 e. The third-order valence-electron chi connectivity index (χ3n) is 2.02. The van der Waals surface area contributed by atoms with E-state index in [9.17, 15) is 4.79 Å². The van der Waals surface area contributed by atoms with Crippen LogP contribution in [0, 0.1) is 0 Å². The first kappa shape index (κ1) is 14.3. The number of carbonyl (C=O) groups is 1. The molecule has 0 aliphatic rings. The van der Waals surface area contributed by atoms with E-state index in [1.54, 1.807) is 13.0 Å². The minimum atomic E-state index is -0.344. The number of hydrogen-bond donors (Lipinski definition) is 0. The predicted molar refractivity (Wildman–Crippen MR) is 72.5 cm³/mol. The zero-order valence-corrected chi connectivity index (χ0v) is 11.4. The van der Waals surface area contributed by atoms with Gasteiger partial charge in [0.25, 0.3) is 0 Å². The normalized spacial score (nSPS) is 11.6. The molecular weight excluding hydrogens is 228 g/mol. The van der Waals surface area contributed by atoms with E-state index in [4.69, 9.17) is 9.47 Å². The lowest BCUT2D eigenvalue weighted by Gasteiger charge is -2.22. The minimum absolute atomic E-state index is 0.270. The maximum absolute atomic E-state index is 11.3. The van der Waals surface area contributed by atoms with Crippen LogP contribution >= 0.6 is 0 Å². The largest absolute Gasteiger partial charge is 0.488 e. The van der Waals surface area contributed by atoms with Gasteiger partial charge in [-0.05, 0) is 39.8 Å². The summed E-state index contributed by atoms with van der Waals surface area (Å²) in [5.74, 6) is 0.411. The standard InChI is InChI=1S/C15H20O3/c1-5-17-14(16)11-10-12-8-6-7-9-13(12)18-15(2,3)4/h6-11H,5H2,1-4H3. The lowest BCUT2D eigenvalue weighted by molar-refractivity contribution is -0.137. The van der Waals surface area contributed by atoms with Crippen LogP contribution in [0.15, 0.2) is 30.3 Å². The Bertz CT molecular complexity index is 428. The molecule has 1 aromatic carbocycles. The van der Waals surface area contributed by atoms with Crippen molar-refractivity contribution in [3.63, 3.8) is 0 Å². The van der Waals surface area contributed by atoms with Gasteiger partial charge in [0, 0.05) is 11.6 Å². The fourth-order valence-corrected chi connectivity index (χ4v) is 1.39. The highest BCUT2D eigenvalue weighted by Crippen LogP contribution is 2.24. The van der Waals surface area contributed by atoms with E-state index in [1.807, 2.05) is 45.0 Å². The molecule has 0 saturated heterocycles. The van der Waals surface area contributed by atoms with Gasteiger partial charge in [0.2, 0.25) is 0 Å². The number of carbonyl (C=O) groups excluding carboxylic acids is 1. The van der Waals surface area contributed by atoms with Gasteiger partial charge in [0.1, 0.15) is 11.4 Å². The molecule has 0 unspecified atom stereocenters. The lowest BCUT2D eigenvalue weighted by Crippen LogP contribution is -2.23. The zero-order chi connectivity index (χ0) is 13.6. The third kappa shape index (κ3) is 5.04. The summed E-state index contributed by atoms with van der Waals surface area (Å²) in [6.45, 7) is 8.11. The first-order valence-corrected chi connectivity index (χ1v) is 6.05. The fraction of sp³-hybridized carbons (Fsp3) is 0.400. The van der Waals surface area contributed by atoms with E-state index in [0.29, 0.717) is 6.61 Å². The Kier molecular flexibility index (Phi) is 4.95. The van der Waals surface area contributed by atoms with Crippen LogP contribution in [0.1, 0.15) is 33.3 Å². The van der Waals surface area contributed by atoms with Crippen molar-refractivity contribution >= 4 is 12.0 Å². The van der Waals surface area contributed by atoms with Crippen molar-refractivity contribution in [2.24, 2.45) is 0 Å². The molecule has 3 nitrogen and oxygen atoms in total. The molecule has 0 aromatic heterocycles. The quantitative estimate of drug-likeness (QED) is 0.605. The summed E-state index contributed by atoms with van der Waals surface area (Å²) in [6.07, 6.45) is 3.12. The molecule has 0 spiro atoms. The highest BCUT2D eigenvalue weighted by Gasteiger charge is 2.13. The predicted octanol–water partition coefficient (Wildman–Crippen LogP) is 3.44. The molecule has 18 heavy (non-hydrogen) atoms. The van der Waals surface area contributed by atoms with Crippen LogP contribution in [0.3, 0.4) is 0 Å². The highest BCUT2D eigenvalue weighted by molar-refractivity contribution is 5.87. The van der Waals surface area contributed by atoms with Crippen LogP contribution in [-0.4, -0.2) is 18.2 Å². The number of benzene rings is 1. The van der Waals surface area contributed by atoms with Crippen molar-refractivity contribution in [2.75, 3.05) is 6.61 Å². The molecule has 0 bridgehead atoms. The van der Waals surface area contributed by atoms with Gasteiger partial charge >= 0.3 is 5.97 Å². The number of hydrogen-bond acceptors (Lipinski definition) is 3. The van der Waals surface area contributed by atoms with Gasteiger partial charge in [-0.1, -0.05) is 18.2 Å². The first-order chi connectivity index (χ1) is 8.42. The van der Waals surface area contributed by atoms with Crippen LogP contribution < -0.4 is 4.74 Å². The van der Waals surface area contributed by atoms with Crippen molar-refractivity contribution in [3.8, 4) is 5.75 Å². The molecule has 0 aliphatic carbocycles. The Morgan fingerprint density at radius 2 is 1.94 bits per heavy atom. The first-order valence-electron chi connectivity index (χ1n) is 6.05. The smallest absolute Gasteiger partial charge is 0.330 e. The summed E-state index contributed by atoms with van der Waals surface area (Å²) >= 11 is 0. The molecule has 0 N–H and O–H groups in total. The topological polar surface area (TPSA) is 35.5 Å². The summed E-state index contributed by atoms with van der Waals surface area (Å²) < 4.78 is 10.7. The van der Waals surface area contributed by atoms with Crippen LogP contribution in [-0.2, 0) is 9.53 Å². The molecule has 1 rings (SSSR count). The molecule has 0 fully saturated rings. The van der Waals surface area contributed by atoms with E-state index >= 15 is 0 Å². The van der Waals surface area contributed by atoms with E-state index in [-0.39, 0.29) is 11.6 Å². The van der Waals surface area contributed by atoms with Crippen LogP contribution in [0.4, 0.5) is 0 Å². The summed E-state index contributed by atoms with van der Waals surface area (Å²) in [6, 6.07) is 7.59. The van der Waals surface area contributed by atoms with Crippen molar-refractivity contribution in [1.29, 1.82) is 0 Å². The summed E-state index contributed by atoms with van der Waals surface area (Å²) in [5.41, 5.74) is 0.592. The zero-order valence-electron chi connectivity index (χ0n) is 11.4. The highest BCUT2D eigenvalue weighted by atomic mass is 16.5. The van der Waals surface area contributed by atoms with Gasteiger partial charge < -0.3 is 9.47 Å². The second-order valence-electron chi connectivity index (χ2n) is 4.84. The molecule has 98 valence electrons. The number of ether oxygens (including phenoxy) is 2. The maximum Gasteiger partial charge on any atom is 0.330 e. The van der Waals surface area contributed by atoms with Crippen LogP contribution in [0.5, 0.6) is 5.75 Å².